The van der Waals surface area contributed by atoms with E-state index in [1.54, 1.807) is 0 Å². The third kappa shape index (κ3) is 2.79. The number of aromatic nitrogens is 2. The molecule has 19 heavy (non-hydrogen) atoms. The SMILES string of the molecule is Cc1cccc(Oc2nccc(/C(N)=N/O)n2)c1C. The average Bonchev–Trinajstić information content (AvgIpc) is 2.43. The van der Waals surface area contributed by atoms with E-state index in [0.717, 1.165) is 11.1 Å². The lowest BCUT2D eigenvalue weighted by atomic mass is 10.1. The molecule has 6 heteroatoms. The van der Waals surface area contributed by atoms with Gasteiger partial charge >= 0.3 is 6.01 Å². The first-order valence-electron chi connectivity index (χ1n) is 5.67. The van der Waals surface area contributed by atoms with Crippen LogP contribution in [-0.4, -0.2) is 21.0 Å². The minimum Gasteiger partial charge on any atom is -0.424 e. The van der Waals surface area contributed by atoms with Gasteiger partial charge in [0.05, 0.1) is 0 Å². The van der Waals surface area contributed by atoms with E-state index in [-0.39, 0.29) is 11.8 Å². The van der Waals surface area contributed by atoms with Crippen molar-refractivity contribution in [2.75, 3.05) is 0 Å². The van der Waals surface area contributed by atoms with Gasteiger partial charge in [-0.05, 0) is 37.1 Å². The van der Waals surface area contributed by atoms with Crippen LogP contribution >= 0.6 is 0 Å². The second-order valence-corrected chi connectivity index (χ2v) is 4.01. The molecule has 0 saturated carbocycles. The molecular formula is C13H14N4O2. The maximum Gasteiger partial charge on any atom is 0.322 e. The summed E-state index contributed by atoms with van der Waals surface area (Å²) in [6.07, 6.45) is 1.49. The van der Waals surface area contributed by atoms with Gasteiger partial charge < -0.3 is 15.7 Å². The van der Waals surface area contributed by atoms with Crippen LogP contribution in [0.5, 0.6) is 11.8 Å². The molecule has 0 atom stereocenters. The van der Waals surface area contributed by atoms with Gasteiger partial charge in [0.2, 0.25) is 0 Å². The number of nitrogens with zero attached hydrogens (tertiary/aromatic N) is 3. The van der Waals surface area contributed by atoms with E-state index >= 15 is 0 Å². The first-order valence-corrected chi connectivity index (χ1v) is 5.67. The molecule has 98 valence electrons. The fraction of sp³-hybridized carbons (Fsp3) is 0.154. The minimum absolute atomic E-state index is 0.0896. The van der Waals surface area contributed by atoms with Gasteiger partial charge in [0.1, 0.15) is 11.4 Å². The fourth-order valence-corrected chi connectivity index (χ4v) is 1.52. The van der Waals surface area contributed by atoms with Crippen LogP contribution in [0.15, 0.2) is 35.6 Å². The van der Waals surface area contributed by atoms with Crippen LogP contribution in [0.2, 0.25) is 0 Å². The number of nitrogens with two attached hydrogens (primary N) is 1. The molecule has 6 nitrogen and oxygen atoms in total. The van der Waals surface area contributed by atoms with Gasteiger partial charge in [0.25, 0.3) is 0 Å². The normalized spacial score (nSPS) is 11.4. The highest BCUT2D eigenvalue weighted by Crippen LogP contribution is 2.24. The molecule has 0 aliphatic rings. The zero-order chi connectivity index (χ0) is 13.8. The lowest BCUT2D eigenvalue weighted by molar-refractivity contribution is 0.318. The Morgan fingerprint density at radius 2 is 2.11 bits per heavy atom. The van der Waals surface area contributed by atoms with Gasteiger partial charge in [-0.2, -0.15) is 4.98 Å². The van der Waals surface area contributed by atoms with Gasteiger partial charge in [-0.1, -0.05) is 17.3 Å². The van der Waals surface area contributed by atoms with Crippen LogP contribution in [0.3, 0.4) is 0 Å². The lowest BCUT2D eigenvalue weighted by Crippen LogP contribution is -2.15. The molecule has 0 radical (unpaired) electrons. The molecule has 0 fully saturated rings. The summed E-state index contributed by atoms with van der Waals surface area (Å²) in [5.74, 6) is 0.588. The van der Waals surface area contributed by atoms with Crippen LogP contribution in [0, 0.1) is 13.8 Å². The molecule has 2 aromatic rings. The highest BCUT2D eigenvalue weighted by molar-refractivity contribution is 5.95. The number of ether oxygens (including phenoxy) is 1. The van der Waals surface area contributed by atoms with Crippen molar-refractivity contribution in [1.82, 2.24) is 9.97 Å². The topological polar surface area (TPSA) is 93.6 Å². The number of aryl methyl sites for hydroxylation is 1. The lowest BCUT2D eigenvalue weighted by Gasteiger charge is -2.09. The summed E-state index contributed by atoms with van der Waals surface area (Å²) in [7, 11) is 0. The molecule has 0 spiro atoms. The number of hydrogen-bond acceptors (Lipinski definition) is 5. The van der Waals surface area contributed by atoms with E-state index in [4.69, 9.17) is 15.7 Å². The molecule has 1 aromatic carbocycles. The zero-order valence-electron chi connectivity index (χ0n) is 10.7. The third-order valence-electron chi connectivity index (χ3n) is 2.76. The number of amidine groups is 1. The molecule has 3 N–H and O–H groups in total. The van der Waals surface area contributed by atoms with Crippen molar-refractivity contribution >= 4 is 5.84 Å². The summed E-state index contributed by atoms with van der Waals surface area (Å²) in [6, 6.07) is 7.41. The van der Waals surface area contributed by atoms with E-state index in [0.29, 0.717) is 11.4 Å². The van der Waals surface area contributed by atoms with Gasteiger partial charge in [-0.3, -0.25) is 0 Å². The summed E-state index contributed by atoms with van der Waals surface area (Å²) in [4.78, 5) is 8.06. The predicted molar refractivity (Wildman–Crippen MR) is 70.5 cm³/mol. The van der Waals surface area contributed by atoms with E-state index < -0.39 is 0 Å². The van der Waals surface area contributed by atoms with E-state index in [1.165, 1.54) is 12.3 Å². The van der Waals surface area contributed by atoms with Crippen molar-refractivity contribution in [3.8, 4) is 11.8 Å². The second kappa shape index (κ2) is 5.34. The summed E-state index contributed by atoms with van der Waals surface area (Å²) in [5.41, 5.74) is 7.90. The Morgan fingerprint density at radius 1 is 1.32 bits per heavy atom. The highest BCUT2D eigenvalue weighted by atomic mass is 16.5. The van der Waals surface area contributed by atoms with E-state index in [2.05, 4.69) is 15.1 Å². The quantitative estimate of drug-likeness (QED) is 0.380. The van der Waals surface area contributed by atoms with E-state index in [9.17, 15) is 0 Å². The van der Waals surface area contributed by atoms with Crippen molar-refractivity contribution in [2.24, 2.45) is 10.9 Å². The molecule has 2 rings (SSSR count). The summed E-state index contributed by atoms with van der Waals surface area (Å²) >= 11 is 0. The molecule has 1 heterocycles. The van der Waals surface area contributed by atoms with Crippen LogP contribution in [0.25, 0.3) is 0 Å². The Morgan fingerprint density at radius 3 is 2.84 bits per heavy atom. The molecule has 0 bridgehead atoms. The van der Waals surface area contributed by atoms with Gasteiger partial charge in [-0.15, -0.1) is 0 Å². The van der Waals surface area contributed by atoms with Gasteiger partial charge in [0.15, 0.2) is 5.84 Å². The summed E-state index contributed by atoms with van der Waals surface area (Å²) in [6.45, 7) is 3.95. The third-order valence-corrected chi connectivity index (χ3v) is 2.76. The number of oxime groups is 1. The van der Waals surface area contributed by atoms with Gasteiger partial charge in [0, 0.05) is 6.20 Å². The van der Waals surface area contributed by atoms with Crippen molar-refractivity contribution in [3.63, 3.8) is 0 Å². The van der Waals surface area contributed by atoms with Crippen LogP contribution in [-0.2, 0) is 0 Å². The maximum atomic E-state index is 8.61. The molecule has 0 aliphatic carbocycles. The van der Waals surface area contributed by atoms with E-state index in [1.807, 2.05) is 32.0 Å². The van der Waals surface area contributed by atoms with Crippen molar-refractivity contribution < 1.29 is 9.94 Å². The zero-order valence-corrected chi connectivity index (χ0v) is 10.7. The monoisotopic (exact) mass is 258 g/mol. The Labute approximate surface area is 110 Å². The Balaban J connectivity index is 2.31. The van der Waals surface area contributed by atoms with Crippen LogP contribution in [0.1, 0.15) is 16.8 Å². The standard InChI is InChI=1S/C13H14N4O2/c1-8-4-3-5-11(9(8)2)19-13-15-7-6-10(16-13)12(14)17-18/h3-7,18H,1-2H3,(H2,14,17). The molecule has 0 amide bonds. The van der Waals surface area contributed by atoms with Crippen LogP contribution in [0.4, 0.5) is 0 Å². The molecule has 1 aromatic heterocycles. The molecular weight excluding hydrogens is 244 g/mol. The highest BCUT2D eigenvalue weighted by Gasteiger charge is 2.08. The Bertz CT molecular complexity index is 626. The predicted octanol–water partition coefficient (Wildman–Crippen LogP) is 1.98. The summed E-state index contributed by atoms with van der Waals surface area (Å²) in [5, 5.41) is 11.5. The number of hydrogen-bond donors (Lipinski definition) is 2. The van der Waals surface area contributed by atoms with Crippen LogP contribution < -0.4 is 10.5 Å². The Kier molecular flexibility index (Phi) is 3.61. The first-order chi connectivity index (χ1) is 9.11. The average molecular weight is 258 g/mol. The second-order valence-electron chi connectivity index (χ2n) is 4.01. The molecule has 0 saturated heterocycles. The number of rotatable bonds is 3. The smallest absolute Gasteiger partial charge is 0.322 e. The largest absolute Gasteiger partial charge is 0.424 e. The van der Waals surface area contributed by atoms with Crippen molar-refractivity contribution in [2.45, 2.75) is 13.8 Å². The summed E-state index contributed by atoms with van der Waals surface area (Å²) < 4.78 is 5.61. The fourth-order valence-electron chi connectivity index (χ4n) is 1.52. The van der Waals surface area contributed by atoms with Gasteiger partial charge in [-0.25, -0.2) is 4.98 Å². The molecule has 0 aliphatic heterocycles. The molecule has 0 unspecified atom stereocenters. The van der Waals surface area contributed by atoms with Crippen molar-refractivity contribution in [1.29, 1.82) is 0 Å². The first kappa shape index (κ1) is 12.8. The minimum atomic E-state index is -0.0896. The maximum absolute atomic E-state index is 8.61. The number of benzene rings is 1. The van der Waals surface area contributed by atoms with Crippen molar-refractivity contribution in [3.05, 3.63) is 47.3 Å². The Hall–Kier alpha value is -2.63.